The number of imide groups is 3. The summed E-state index contributed by atoms with van der Waals surface area (Å²) in [6.07, 6.45) is 0.194. The Kier molecular flexibility index (Phi) is 21.3. The van der Waals surface area contributed by atoms with Crippen molar-refractivity contribution < 1.29 is 70.7 Å². The quantitative estimate of drug-likeness (QED) is 0.0640. The summed E-state index contributed by atoms with van der Waals surface area (Å²) in [5.41, 5.74) is 9.48. The van der Waals surface area contributed by atoms with Gasteiger partial charge in [-0.1, -0.05) is 47.5 Å². The van der Waals surface area contributed by atoms with Gasteiger partial charge in [-0.25, -0.2) is 0 Å². The van der Waals surface area contributed by atoms with Crippen LogP contribution in [0.25, 0.3) is 0 Å². The predicted molar refractivity (Wildman–Crippen MR) is 350 cm³/mol. The van der Waals surface area contributed by atoms with Crippen LogP contribution in [0.1, 0.15) is 159 Å². The minimum Gasteiger partial charge on any atom is -0.377 e. The van der Waals surface area contributed by atoms with E-state index >= 15 is 0 Å². The highest BCUT2D eigenvalue weighted by molar-refractivity contribution is 7.11. The van der Waals surface area contributed by atoms with E-state index in [2.05, 4.69) is 28.9 Å². The number of rotatable bonds is 19. The second kappa shape index (κ2) is 29.2. The number of hydrogen-bond donors (Lipinski definition) is 3. The van der Waals surface area contributed by atoms with Gasteiger partial charge in [-0.3, -0.25) is 73.5 Å². The minimum atomic E-state index is -4.47. The summed E-state index contributed by atoms with van der Waals surface area (Å²) in [7, 11) is 3.98. The number of halogens is 4. The van der Waals surface area contributed by atoms with Crippen molar-refractivity contribution in [2.75, 3.05) is 19.0 Å². The molecule has 3 N–H and O–H groups in total. The van der Waals surface area contributed by atoms with E-state index in [9.17, 15) is 70.7 Å². The standard InChI is InChI=1S/C24H27N3O4S.C23H21F3N2O4S.C22H21ClN2O4S/c1-14-4-5-15(11-20(14)26(2)3)10-16(28)6-8-21-17-12-27(24(31)18(17)13-32-21)19-7-9-22(29)25-23(19)30;1-12-6-13(8-14(7-12)23(24,25)26)9-15(29)2-4-19-16-10-28(22(32)17(16)11-33-19)18-3-5-20(30)27-21(18)31;1-12-2-3-13(9-17(12)23)8-14(26)4-6-19-15-10-25(22(29)16(15)11-30-19)18-5-7-20(27)24-21(18)28/h4-5,11,13,19H,6-10,12H2,1-3H3,(H,25,29,30);6-8,11,18H,2-5,9-10H2,1H3,(H,27,30,31);2-3,9,11,18H,4-8,10H2,1H3,(H,24,27,28). The third kappa shape index (κ3) is 16.1. The fourth-order valence-electron chi connectivity index (χ4n) is 12.7. The Hall–Kier alpha value is -8.52. The van der Waals surface area contributed by atoms with E-state index < -0.39 is 47.6 Å². The number of amides is 9. The van der Waals surface area contributed by atoms with Gasteiger partial charge in [-0.2, -0.15) is 13.2 Å². The molecular formula is C69H69ClF3N7O12S3. The van der Waals surface area contributed by atoms with Crippen molar-refractivity contribution in [3.8, 4) is 0 Å². The zero-order chi connectivity index (χ0) is 68.3. The first kappa shape index (κ1) is 69.3. The van der Waals surface area contributed by atoms with E-state index in [4.69, 9.17) is 11.6 Å². The first-order valence-corrected chi connectivity index (χ1v) is 34.1. The van der Waals surface area contributed by atoms with Crippen LogP contribution >= 0.6 is 45.6 Å². The fourth-order valence-corrected chi connectivity index (χ4v) is 16.0. The lowest BCUT2D eigenvalue weighted by atomic mass is 10.00. The number of nitrogens with zero attached hydrogens (tertiary/aromatic N) is 4. The van der Waals surface area contributed by atoms with E-state index in [1.54, 1.807) is 28.2 Å². The van der Waals surface area contributed by atoms with E-state index in [-0.39, 0.29) is 97.9 Å². The van der Waals surface area contributed by atoms with E-state index in [0.29, 0.717) is 104 Å². The molecule has 0 saturated carbocycles. The van der Waals surface area contributed by atoms with Gasteiger partial charge in [0.15, 0.2) is 0 Å². The van der Waals surface area contributed by atoms with Crippen LogP contribution in [0.15, 0.2) is 70.7 Å². The maximum Gasteiger partial charge on any atom is 0.416 e. The lowest BCUT2D eigenvalue weighted by Gasteiger charge is -2.29. The molecule has 0 bridgehead atoms. The number of alkyl halides is 3. The minimum absolute atomic E-state index is 0.0976. The summed E-state index contributed by atoms with van der Waals surface area (Å²) in [6, 6.07) is 13.5. The molecule has 3 unspecified atom stereocenters. The molecule has 3 aromatic carbocycles. The lowest BCUT2D eigenvalue weighted by Crippen LogP contribution is -2.52. The summed E-state index contributed by atoms with van der Waals surface area (Å²) >= 11 is 10.5. The Labute approximate surface area is 562 Å². The number of nitrogens with one attached hydrogen (secondary N) is 3. The molecule has 12 rings (SSSR count). The lowest BCUT2D eigenvalue weighted by molar-refractivity contribution is -0.138. The van der Waals surface area contributed by atoms with Gasteiger partial charge in [-0.15, -0.1) is 34.0 Å². The Morgan fingerprint density at radius 3 is 1.24 bits per heavy atom. The van der Waals surface area contributed by atoms with Crippen LogP contribution in [0.5, 0.6) is 0 Å². The van der Waals surface area contributed by atoms with Crippen molar-refractivity contribution in [1.82, 2.24) is 30.7 Å². The number of carbonyl (C=O) groups excluding carboxylic acids is 12. The molecule has 3 fully saturated rings. The van der Waals surface area contributed by atoms with Crippen LogP contribution in [-0.2, 0) is 107 Å². The van der Waals surface area contributed by atoms with E-state index in [0.717, 1.165) is 65.8 Å². The summed E-state index contributed by atoms with van der Waals surface area (Å²) in [5.74, 6) is -2.79. The Bertz CT molecular complexity index is 4150. The third-order valence-corrected chi connectivity index (χ3v) is 21.4. The molecule has 6 aromatic rings. The Morgan fingerprint density at radius 1 is 0.516 bits per heavy atom. The molecule has 9 amide bonds. The van der Waals surface area contributed by atoms with Crippen LogP contribution < -0.4 is 20.9 Å². The summed E-state index contributed by atoms with van der Waals surface area (Å²) in [6.45, 7) is 6.48. The SMILES string of the molecule is Cc1cc(CC(=O)CCc2scc3c2CN(C2CCC(=O)NC2=O)C3=O)cc(C(F)(F)F)c1.Cc1ccc(CC(=O)CCc2scc3c2CN(C2CCC(=O)NC2=O)C3=O)cc1Cl.Cc1ccc(CC(=O)CCc2scc3c2CN(C2CCC(=O)NC2=O)C3=O)cc1N(C)C. The molecule has 0 radical (unpaired) electrons. The van der Waals surface area contributed by atoms with Crippen LogP contribution in [0.4, 0.5) is 18.9 Å². The summed E-state index contributed by atoms with van der Waals surface area (Å²) < 4.78 is 39.1. The Balaban J connectivity index is 0.000000155. The number of Topliss-reactive ketones (excluding diaryl/α,β-unsaturated/α-hetero) is 3. The average Bonchev–Trinajstić information content (AvgIpc) is 1.64. The Morgan fingerprint density at radius 2 is 0.884 bits per heavy atom. The highest BCUT2D eigenvalue weighted by atomic mass is 35.5. The van der Waals surface area contributed by atoms with Crippen LogP contribution in [-0.4, -0.2) is 117 Å². The molecule has 3 saturated heterocycles. The van der Waals surface area contributed by atoms with E-state index in [1.165, 1.54) is 44.5 Å². The second-order valence-electron chi connectivity index (χ2n) is 24.8. The van der Waals surface area contributed by atoms with Gasteiger partial charge < -0.3 is 19.6 Å². The number of piperidine rings is 3. The van der Waals surface area contributed by atoms with Crippen molar-refractivity contribution in [3.63, 3.8) is 0 Å². The average molecular weight is 1380 g/mol. The predicted octanol–water partition coefficient (Wildman–Crippen LogP) is 9.42. The number of carbonyl (C=O) groups is 12. The smallest absolute Gasteiger partial charge is 0.377 e. The molecule has 9 heterocycles. The largest absolute Gasteiger partial charge is 0.416 e. The van der Waals surface area contributed by atoms with Gasteiger partial charge in [0, 0.05) is 133 Å². The summed E-state index contributed by atoms with van der Waals surface area (Å²) in [5, 5.41) is 12.9. The van der Waals surface area contributed by atoms with Crippen molar-refractivity contribution in [2.45, 2.75) is 161 Å². The number of anilines is 1. The van der Waals surface area contributed by atoms with Crippen molar-refractivity contribution in [2.24, 2.45) is 0 Å². The molecule has 6 aliphatic rings. The first-order chi connectivity index (χ1) is 45.1. The van der Waals surface area contributed by atoms with Gasteiger partial charge in [0.1, 0.15) is 35.5 Å². The topological polar surface area (TPSA) is 254 Å². The number of hydrogen-bond acceptors (Lipinski definition) is 16. The van der Waals surface area contributed by atoms with Crippen LogP contribution in [0, 0.1) is 20.8 Å². The third-order valence-electron chi connectivity index (χ3n) is 17.7. The normalized spacial score (nSPS) is 18.3. The van der Waals surface area contributed by atoms with Crippen molar-refractivity contribution >= 4 is 122 Å². The van der Waals surface area contributed by atoms with Gasteiger partial charge in [0.2, 0.25) is 35.4 Å². The van der Waals surface area contributed by atoms with Gasteiger partial charge in [0.05, 0.1) is 22.3 Å². The maximum atomic E-state index is 13.0. The van der Waals surface area contributed by atoms with Crippen LogP contribution in [0.3, 0.4) is 0 Å². The second-order valence-corrected chi connectivity index (χ2v) is 28.1. The first-order valence-electron chi connectivity index (χ1n) is 31.1. The monoisotopic (exact) mass is 1380 g/mol. The molecule has 26 heteroatoms. The zero-order valence-electron chi connectivity index (χ0n) is 52.8. The van der Waals surface area contributed by atoms with E-state index in [1.807, 2.05) is 67.0 Å². The molecule has 6 aliphatic heterocycles. The maximum absolute atomic E-state index is 13.0. The molecule has 3 aromatic heterocycles. The zero-order valence-corrected chi connectivity index (χ0v) is 56.0. The fraction of sp³-hybridized carbons (Fsp3) is 0.391. The highest BCUT2D eigenvalue weighted by Gasteiger charge is 2.44. The highest BCUT2D eigenvalue weighted by Crippen LogP contribution is 2.39. The number of thiophene rings is 3. The molecule has 0 aliphatic carbocycles. The molecule has 498 valence electrons. The number of benzene rings is 3. The van der Waals surface area contributed by atoms with Crippen LogP contribution in [0.2, 0.25) is 5.02 Å². The number of fused-ring (bicyclic) bond motifs is 3. The molecule has 19 nitrogen and oxygen atoms in total. The van der Waals surface area contributed by atoms with Crippen molar-refractivity contribution in [1.29, 1.82) is 0 Å². The molecular weight excluding hydrogens is 1310 g/mol. The van der Waals surface area contributed by atoms with Gasteiger partial charge >= 0.3 is 6.18 Å². The number of aryl methyl sites for hydroxylation is 6. The summed E-state index contributed by atoms with van der Waals surface area (Å²) in [4.78, 5) is 156. The van der Waals surface area contributed by atoms with Gasteiger partial charge in [-0.05, 0) is 128 Å². The molecule has 0 spiro atoms. The molecule has 95 heavy (non-hydrogen) atoms. The van der Waals surface area contributed by atoms with Gasteiger partial charge in [0.25, 0.3) is 17.7 Å². The van der Waals surface area contributed by atoms with Crippen molar-refractivity contribution in [3.05, 3.63) is 163 Å². The molecule has 3 atom stereocenters. The number of ketones is 3.